The molecule has 0 aliphatic heterocycles. The highest BCUT2D eigenvalue weighted by molar-refractivity contribution is 5.55. The van der Waals surface area contributed by atoms with Gasteiger partial charge in [0, 0.05) is 13.2 Å². The zero-order valence-corrected chi connectivity index (χ0v) is 7.37. The van der Waals surface area contributed by atoms with E-state index < -0.39 is 0 Å². The first-order chi connectivity index (χ1) is 5.70. The van der Waals surface area contributed by atoms with Crippen molar-refractivity contribution in [2.24, 2.45) is 9.98 Å². The second-order valence-electron chi connectivity index (χ2n) is 1.96. The van der Waals surface area contributed by atoms with Gasteiger partial charge in [0.05, 0.1) is 6.34 Å². The van der Waals surface area contributed by atoms with Crippen molar-refractivity contribution in [1.29, 1.82) is 0 Å². The molecule has 0 heterocycles. The Morgan fingerprint density at radius 2 is 2.25 bits per heavy atom. The number of aliphatic imine (C=N–C) groups is 2. The van der Waals surface area contributed by atoms with Gasteiger partial charge in [-0.15, -0.1) is 0 Å². The smallest absolute Gasteiger partial charge is 0.210 e. The van der Waals surface area contributed by atoms with Gasteiger partial charge < -0.3 is 10.1 Å². The molecule has 0 spiro atoms. The van der Waals surface area contributed by atoms with E-state index in [-0.39, 0.29) is 5.88 Å². The predicted octanol–water partition coefficient (Wildman–Crippen LogP) is 1.28. The number of hydrogen-bond acceptors (Lipinski definition) is 3. The lowest BCUT2D eigenvalue weighted by molar-refractivity contribution is 0.305. The van der Waals surface area contributed by atoms with Crippen LogP contribution in [0.2, 0.25) is 0 Å². The third-order valence-corrected chi connectivity index (χ3v) is 0.945. The van der Waals surface area contributed by atoms with Gasteiger partial charge in [-0.05, 0) is 20.2 Å². The van der Waals surface area contributed by atoms with Gasteiger partial charge in [-0.2, -0.15) is 0 Å². The van der Waals surface area contributed by atoms with Crippen LogP contribution in [0.4, 0.5) is 0 Å². The highest BCUT2D eigenvalue weighted by Gasteiger charge is 1.90. The van der Waals surface area contributed by atoms with Gasteiger partial charge in [-0.3, -0.25) is 4.99 Å². The van der Waals surface area contributed by atoms with Gasteiger partial charge in [0.2, 0.25) is 5.88 Å². The molecular weight excluding hydrogens is 154 g/mol. The van der Waals surface area contributed by atoms with Crippen molar-refractivity contribution in [2.45, 2.75) is 6.92 Å². The van der Waals surface area contributed by atoms with Gasteiger partial charge in [0.15, 0.2) is 0 Å². The van der Waals surface area contributed by atoms with Crippen LogP contribution >= 0.6 is 0 Å². The molecule has 0 fully saturated rings. The van der Waals surface area contributed by atoms with E-state index in [0.717, 1.165) is 0 Å². The summed E-state index contributed by atoms with van der Waals surface area (Å²) in [6.45, 7) is 8.52. The molecule has 0 aliphatic rings. The van der Waals surface area contributed by atoms with E-state index >= 15 is 0 Å². The quantitative estimate of drug-likeness (QED) is 0.381. The van der Waals surface area contributed by atoms with E-state index in [2.05, 4.69) is 28.6 Å². The molecule has 0 amide bonds. The van der Waals surface area contributed by atoms with Gasteiger partial charge in [-0.25, -0.2) is 4.99 Å². The van der Waals surface area contributed by atoms with Gasteiger partial charge in [0.25, 0.3) is 0 Å². The van der Waals surface area contributed by atoms with E-state index in [0.29, 0.717) is 5.76 Å². The summed E-state index contributed by atoms with van der Waals surface area (Å²) in [6, 6.07) is 0. The lowest BCUT2D eigenvalue weighted by Gasteiger charge is -2.02. The summed E-state index contributed by atoms with van der Waals surface area (Å²) >= 11 is 0. The molecule has 4 nitrogen and oxygen atoms in total. The molecule has 4 heteroatoms. The van der Waals surface area contributed by atoms with Gasteiger partial charge in [-0.1, -0.05) is 0 Å². The number of hydrogen-bond donors (Lipinski definition) is 1. The molecule has 0 unspecified atom stereocenters. The molecule has 0 rings (SSSR count). The Bertz CT molecular complexity index is 218. The average molecular weight is 167 g/mol. The summed E-state index contributed by atoms with van der Waals surface area (Å²) in [4.78, 5) is 7.20. The van der Waals surface area contributed by atoms with Crippen molar-refractivity contribution in [3.63, 3.8) is 0 Å². The Morgan fingerprint density at radius 1 is 1.58 bits per heavy atom. The number of rotatable bonds is 5. The lowest BCUT2D eigenvalue weighted by atomic mass is 10.6. The monoisotopic (exact) mass is 167 g/mol. The van der Waals surface area contributed by atoms with E-state index in [4.69, 9.17) is 4.74 Å². The predicted molar refractivity (Wildman–Crippen MR) is 51.1 cm³/mol. The van der Waals surface area contributed by atoms with Crippen molar-refractivity contribution in [3.05, 3.63) is 24.4 Å². The number of nitrogens with zero attached hydrogens (tertiary/aromatic N) is 2. The molecule has 0 aromatic heterocycles. The molecule has 0 saturated heterocycles. The largest absolute Gasteiger partial charge is 0.443 e. The first-order valence-corrected chi connectivity index (χ1v) is 3.37. The number of nitrogens with one attached hydrogen (secondary N) is 1. The minimum atomic E-state index is 0.277. The maximum Gasteiger partial charge on any atom is 0.210 e. The van der Waals surface area contributed by atoms with Crippen LogP contribution in [0.5, 0.6) is 0 Å². The third kappa shape index (κ3) is 5.22. The minimum absolute atomic E-state index is 0.277. The Kier molecular flexibility index (Phi) is 5.34. The van der Waals surface area contributed by atoms with Crippen molar-refractivity contribution in [2.75, 3.05) is 7.05 Å². The standard InChI is InChI=1S/C8H13N3O/c1-7(5-11-6-9-3)12-8(2)10-4/h5-6H,2,4H2,1,3H3,(H,9,11)/b7-5+. The van der Waals surface area contributed by atoms with Crippen LogP contribution < -0.4 is 5.32 Å². The molecule has 1 N–H and O–H groups in total. The topological polar surface area (TPSA) is 46.0 Å². The molecule has 12 heavy (non-hydrogen) atoms. The van der Waals surface area contributed by atoms with E-state index in [1.807, 2.05) is 0 Å². The summed E-state index contributed by atoms with van der Waals surface area (Å²) in [5.41, 5.74) is 0. The number of allylic oxidation sites excluding steroid dienone is 1. The van der Waals surface area contributed by atoms with Crippen molar-refractivity contribution >= 4 is 13.1 Å². The molecule has 0 atom stereocenters. The fourth-order valence-corrected chi connectivity index (χ4v) is 0.477. The molecule has 0 aliphatic carbocycles. The second-order valence-corrected chi connectivity index (χ2v) is 1.96. The van der Waals surface area contributed by atoms with Gasteiger partial charge >= 0.3 is 0 Å². The Balaban J connectivity index is 3.84. The van der Waals surface area contributed by atoms with Crippen molar-refractivity contribution in [3.8, 4) is 0 Å². The minimum Gasteiger partial charge on any atom is -0.443 e. The van der Waals surface area contributed by atoms with Crippen LogP contribution in [0.15, 0.2) is 34.4 Å². The summed E-state index contributed by atoms with van der Waals surface area (Å²) in [5.74, 6) is 0.922. The SMILES string of the molecule is C=NC(=C)O/C(C)=C/NC=NC. The van der Waals surface area contributed by atoms with E-state index in [9.17, 15) is 0 Å². The maximum atomic E-state index is 5.06. The van der Waals surface area contributed by atoms with Crippen LogP contribution in [0.1, 0.15) is 6.92 Å². The highest BCUT2D eigenvalue weighted by atomic mass is 16.5. The lowest BCUT2D eigenvalue weighted by Crippen LogP contribution is -2.02. The molecule has 0 aromatic carbocycles. The molecular formula is C8H13N3O. The first-order valence-electron chi connectivity index (χ1n) is 3.37. The Hall–Kier alpha value is -1.58. The molecule has 0 radical (unpaired) electrons. The van der Waals surface area contributed by atoms with Crippen LogP contribution in [0.3, 0.4) is 0 Å². The summed E-state index contributed by atoms with van der Waals surface area (Å²) in [6.07, 6.45) is 3.18. The number of ether oxygens (including phenoxy) is 1. The van der Waals surface area contributed by atoms with E-state index in [1.54, 1.807) is 20.2 Å². The average Bonchev–Trinajstić information content (AvgIpc) is 2.05. The Morgan fingerprint density at radius 3 is 2.75 bits per heavy atom. The Labute approximate surface area is 72.4 Å². The molecule has 0 saturated carbocycles. The van der Waals surface area contributed by atoms with Crippen molar-refractivity contribution in [1.82, 2.24) is 5.32 Å². The van der Waals surface area contributed by atoms with Gasteiger partial charge in [0.1, 0.15) is 5.76 Å². The maximum absolute atomic E-state index is 5.06. The first kappa shape index (κ1) is 10.4. The van der Waals surface area contributed by atoms with Crippen LogP contribution in [0.25, 0.3) is 0 Å². The zero-order chi connectivity index (χ0) is 9.40. The van der Waals surface area contributed by atoms with Crippen LogP contribution in [-0.2, 0) is 4.74 Å². The second kappa shape index (κ2) is 6.15. The highest BCUT2D eigenvalue weighted by Crippen LogP contribution is 2.01. The summed E-state index contributed by atoms with van der Waals surface area (Å²) in [5, 5.41) is 2.78. The molecule has 66 valence electrons. The summed E-state index contributed by atoms with van der Waals surface area (Å²) < 4.78 is 5.06. The molecule has 0 aromatic rings. The zero-order valence-electron chi connectivity index (χ0n) is 7.37. The third-order valence-electron chi connectivity index (χ3n) is 0.945. The van der Waals surface area contributed by atoms with E-state index in [1.165, 1.54) is 6.34 Å². The normalized spacial score (nSPS) is 11.3. The fraction of sp³-hybridized carbons (Fsp3) is 0.250. The molecule has 0 bridgehead atoms. The van der Waals surface area contributed by atoms with Crippen LogP contribution in [0, 0.1) is 0 Å². The fourth-order valence-electron chi connectivity index (χ4n) is 0.477. The van der Waals surface area contributed by atoms with Crippen molar-refractivity contribution < 1.29 is 4.74 Å². The summed E-state index contributed by atoms with van der Waals surface area (Å²) in [7, 11) is 1.67. The van der Waals surface area contributed by atoms with Crippen LogP contribution in [-0.4, -0.2) is 20.1 Å².